The van der Waals surface area contributed by atoms with Crippen molar-refractivity contribution in [3.8, 4) is 0 Å². The van der Waals surface area contributed by atoms with Crippen molar-refractivity contribution < 1.29 is 4.84 Å². The Hall–Kier alpha value is -0.0800. The standard InChI is InChI=1S/C7H17NO/c1-4-7(5-2)8-9-6-3/h7-8H,4-6H2,1-3H3. The molecule has 0 rings (SSSR count). The molecule has 0 unspecified atom stereocenters. The third-order valence-corrected chi connectivity index (χ3v) is 1.38. The molecule has 0 amide bonds. The molecule has 0 aliphatic heterocycles. The van der Waals surface area contributed by atoms with Crippen LogP contribution in [-0.4, -0.2) is 12.6 Å². The second kappa shape index (κ2) is 6.05. The Morgan fingerprint density at radius 3 is 2.11 bits per heavy atom. The van der Waals surface area contributed by atoms with Crippen LogP contribution in [0.4, 0.5) is 0 Å². The lowest BCUT2D eigenvalue weighted by atomic mass is 10.2. The first-order valence-electron chi connectivity index (χ1n) is 3.72. The number of hydrogen-bond donors (Lipinski definition) is 1. The highest BCUT2D eigenvalue weighted by Crippen LogP contribution is 1.94. The molecular weight excluding hydrogens is 114 g/mol. The lowest BCUT2D eigenvalue weighted by Gasteiger charge is -2.12. The summed E-state index contributed by atoms with van der Waals surface area (Å²) in [6.07, 6.45) is 2.27. The summed E-state index contributed by atoms with van der Waals surface area (Å²) < 4.78 is 0. The monoisotopic (exact) mass is 131 g/mol. The molecule has 0 fully saturated rings. The molecule has 2 heteroatoms. The van der Waals surface area contributed by atoms with E-state index in [0.717, 1.165) is 19.4 Å². The van der Waals surface area contributed by atoms with Crippen LogP contribution in [0.25, 0.3) is 0 Å². The van der Waals surface area contributed by atoms with E-state index < -0.39 is 0 Å². The molecule has 0 heterocycles. The van der Waals surface area contributed by atoms with Crippen LogP contribution in [0.3, 0.4) is 0 Å². The van der Waals surface area contributed by atoms with Crippen molar-refractivity contribution in [2.24, 2.45) is 0 Å². The van der Waals surface area contributed by atoms with Crippen molar-refractivity contribution in [1.29, 1.82) is 0 Å². The maximum Gasteiger partial charge on any atom is 0.0654 e. The van der Waals surface area contributed by atoms with Gasteiger partial charge in [-0.2, -0.15) is 5.48 Å². The van der Waals surface area contributed by atoms with E-state index in [1.807, 2.05) is 6.92 Å². The zero-order valence-electron chi connectivity index (χ0n) is 6.61. The third-order valence-electron chi connectivity index (χ3n) is 1.38. The van der Waals surface area contributed by atoms with Gasteiger partial charge in [0, 0.05) is 6.04 Å². The predicted molar refractivity (Wildman–Crippen MR) is 39.1 cm³/mol. The van der Waals surface area contributed by atoms with Gasteiger partial charge in [-0.15, -0.1) is 0 Å². The summed E-state index contributed by atoms with van der Waals surface area (Å²) in [4.78, 5) is 5.03. The van der Waals surface area contributed by atoms with E-state index in [9.17, 15) is 0 Å². The molecule has 0 bridgehead atoms. The number of hydroxylamine groups is 1. The Balaban J connectivity index is 3.09. The highest BCUT2D eigenvalue weighted by Gasteiger charge is 1.99. The topological polar surface area (TPSA) is 21.3 Å². The number of nitrogens with one attached hydrogen (secondary N) is 1. The molecule has 9 heavy (non-hydrogen) atoms. The summed E-state index contributed by atoms with van der Waals surface area (Å²) in [5, 5.41) is 0. The Morgan fingerprint density at radius 1 is 1.22 bits per heavy atom. The van der Waals surface area contributed by atoms with Crippen LogP contribution in [0.2, 0.25) is 0 Å². The molecule has 0 aliphatic rings. The molecule has 0 aromatic heterocycles. The lowest BCUT2D eigenvalue weighted by molar-refractivity contribution is 0.0226. The van der Waals surface area contributed by atoms with Crippen LogP contribution in [0.5, 0.6) is 0 Å². The summed E-state index contributed by atoms with van der Waals surface area (Å²) in [6.45, 7) is 7.03. The molecular formula is C7H17NO. The molecule has 0 aliphatic carbocycles. The SMILES string of the molecule is CCONC(CC)CC. The molecule has 2 nitrogen and oxygen atoms in total. The van der Waals surface area contributed by atoms with Gasteiger partial charge in [-0.1, -0.05) is 13.8 Å². The quantitative estimate of drug-likeness (QED) is 0.573. The average Bonchev–Trinajstić information content (AvgIpc) is 1.91. The van der Waals surface area contributed by atoms with Crippen LogP contribution in [0.1, 0.15) is 33.6 Å². The van der Waals surface area contributed by atoms with Crippen molar-refractivity contribution in [3.05, 3.63) is 0 Å². The fraction of sp³-hybridized carbons (Fsp3) is 1.00. The van der Waals surface area contributed by atoms with E-state index in [4.69, 9.17) is 4.84 Å². The maximum atomic E-state index is 5.03. The largest absolute Gasteiger partial charge is 0.302 e. The van der Waals surface area contributed by atoms with Gasteiger partial charge in [-0.25, -0.2) is 0 Å². The van der Waals surface area contributed by atoms with Crippen molar-refractivity contribution >= 4 is 0 Å². The first-order valence-corrected chi connectivity index (χ1v) is 3.72. The van der Waals surface area contributed by atoms with Gasteiger partial charge >= 0.3 is 0 Å². The molecule has 56 valence electrons. The summed E-state index contributed by atoms with van der Waals surface area (Å²) in [6, 6.07) is 0.532. The molecule has 0 aromatic carbocycles. The summed E-state index contributed by atoms with van der Waals surface area (Å²) >= 11 is 0. The Morgan fingerprint density at radius 2 is 1.78 bits per heavy atom. The Kier molecular flexibility index (Phi) is 5.99. The van der Waals surface area contributed by atoms with Crippen LogP contribution in [0, 0.1) is 0 Å². The van der Waals surface area contributed by atoms with Gasteiger partial charge in [0.1, 0.15) is 0 Å². The minimum atomic E-state index is 0.532. The minimum absolute atomic E-state index is 0.532. The molecule has 0 saturated carbocycles. The van der Waals surface area contributed by atoms with Crippen molar-refractivity contribution in [3.63, 3.8) is 0 Å². The molecule has 0 spiro atoms. The van der Waals surface area contributed by atoms with Gasteiger partial charge in [0.2, 0.25) is 0 Å². The first-order chi connectivity index (χ1) is 4.35. The summed E-state index contributed by atoms with van der Waals surface area (Å²) in [7, 11) is 0. The molecule has 0 aromatic rings. The van der Waals surface area contributed by atoms with Crippen LogP contribution in [-0.2, 0) is 4.84 Å². The van der Waals surface area contributed by atoms with Crippen LogP contribution in [0.15, 0.2) is 0 Å². The summed E-state index contributed by atoms with van der Waals surface area (Å²) in [5.74, 6) is 0. The van der Waals surface area contributed by atoms with Gasteiger partial charge in [0.25, 0.3) is 0 Å². The van der Waals surface area contributed by atoms with Crippen molar-refractivity contribution in [2.75, 3.05) is 6.61 Å². The summed E-state index contributed by atoms with van der Waals surface area (Å²) in [5.41, 5.74) is 2.97. The molecule has 0 saturated heterocycles. The molecule has 0 radical (unpaired) electrons. The predicted octanol–water partition coefficient (Wildman–Crippen LogP) is 1.72. The van der Waals surface area contributed by atoms with E-state index >= 15 is 0 Å². The van der Waals surface area contributed by atoms with E-state index in [-0.39, 0.29) is 0 Å². The zero-order valence-corrected chi connectivity index (χ0v) is 6.61. The number of hydrogen-bond acceptors (Lipinski definition) is 2. The van der Waals surface area contributed by atoms with Crippen molar-refractivity contribution in [1.82, 2.24) is 5.48 Å². The third kappa shape index (κ3) is 4.43. The highest BCUT2D eigenvalue weighted by atomic mass is 16.6. The Labute approximate surface area is 57.5 Å². The normalized spacial score (nSPS) is 10.7. The highest BCUT2D eigenvalue weighted by molar-refractivity contribution is 4.54. The lowest BCUT2D eigenvalue weighted by Crippen LogP contribution is -2.27. The number of rotatable bonds is 5. The van der Waals surface area contributed by atoms with E-state index in [2.05, 4.69) is 19.3 Å². The van der Waals surface area contributed by atoms with Gasteiger partial charge in [-0.05, 0) is 19.8 Å². The average molecular weight is 131 g/mol. The molecule has 1 N–H and O–H groups in total. The van der Waals surface area contributed by atoms with Crippen molar-refractivity contribution in [2.45, 2.75) is 39.7 Å². The van der Waals surface area contributed by atoms with Gasteiger partial charge in [0.15, 0.2) is 0 Å². The zero-order chi connectivity index (χ0) is 7.11. The fourth-order valence-electron chi connectivity index (χ4n) is 0.657. The van der Waals surface area contributed by atoms with Crippen LogP contribution < -0.4 is 5.48 Å². The van der Waals surface area contributed by atoms with Gasteiger partial charge in [0.05, 0.1) is 6.61 Å². The fourth-order valence-corrected chi connectivity index (χ4v) is 0.657. The van der Waals surface area contributed by atoms with E-state index in [0.29, 0.717) is 6.04 Å². The maximum absolute atomic E-state index is 5.03. The van der Waals surface area contributed by atoms with Gasteiger partial charge in [-0.3, -0.25) is 0 Å². The minimum Gasteiger partial charge on any atom is -0.302 e. The van der Waals surface area contributed by atoms with Gasteiger partial charge < -0.3 is 4.84 Å². The van der Waals surface area contributed by atoms with E-state index in [1.54, 1.807) is 0 Å². The second-order valence-electron chi connectivity index (χ2n) is 2.06. The molecule has 0 atom stereocenters. The van der Waals surface area contributed by atoms with E-state index in [1.165, 1.54) is 0 Å². The van der Waals surface area contributed by atoms with Crippen LogP contribution >= 0.6 is 0 Å². The smallest absolute Gasteiger partial charge is 0.0654 e. The second-order valence-corrected chi connectivity index (χ2v) is 2.06. The first kappa shape index (κ1) is 8.92. The Bertz CT molecular complexity index is 52.9.